The Bertz CT molecular complexity index is 1210. The van der Waals surface area contributed by atoms with Gasteiger partial charge in [-0.25, -0.2) is 4.79 Å². The number of benzene rings is 2. The van der Waals surface area contributed by atoms with E-state index in [2.05, 4.69) is 15.4 Å². The van der Waals surface area contributed by atoms with Crippen molar-refractivity contribution < 1.29 is 27.6 Å². The molecule has 1 heterocycles. The molecule has 0 amide bonds. The molecule has 7 nitrogen and oxygen atoms in total. The summed E-state index contributed by atoms with van der Waals surface area (Å²) in [4.78, 5) is 21.9. The lowest BCUT2D eigenvalue weighted by atomic mass is 10.1. The molecule has 0 atom stereocenters. The van der Waals surface area contributed by atoms with Crippen LogP contribution in [0.4, 0.5) is 30.2 Å². The van der Waals surface area contributed by atoms with E-state index in [0.29, 0.717) is 21.8 Å². The highest BCUT2D eigenvalue weighted by molar-refractivity contribution is 7.80. The predicted molar refractivity (Wildman–Crippen MR) is 116 cm³/mol. The number of nitrogens with zero attached hydrogens (tertiary/aromatic N) is 1. The smallest absolute Gasteiger partial charge is 0.418 e. The lowest BCUT2D eigenvalue weighted by molar-refractivity contribution is -0.385. The quantitative estimate of drug-likeness (QED) is 0.198. The predicted octanol–water partition coefficient (Wildman–Crippen LogP) is 6.08. The summed E-state index contributed by atoms with van der Waals surface area (Å²) in [5.74, 6) is -0.587. The van der Waals surface area contributed by atoms with Crippen molar-refractivity contribution in [2.45, 2.75) is 6.18 Å². The minimum Gasteiger partial charge on any atom is -0.465 e. The molecule has 0 bridgehead atoms. The van der Waals surface area contributed by atoms with Crippen LogP contribution >= 0.6 is 35.2 Å². The molecule has 0 spiro atoms. The molecular formula is C18H11ClF3N3O4S2. The molecule has 3 aromatic rings. The monoisotopic (exact) mass is 489 g/mol. The maximum absolute atomic E-state index is 13.3. The lowest BCUT2D eigenvalue weighted by Gasteiger charge is -2.16. The summed E-state index contributed by atoms with van der Waals surface area (Å²) in [6, 6.07) is 7.12. The topological polar surface area (TPSA) is 93.5 Å². The SMILES string of the molecule is COC(=O)c1sc2cc(NC(=S)Nc3ccc([N+](=O)[O-])cc3C(F)(F)F)ccc2c1Cl. The number of fused-ring (bicyclic) bond motifs is 1. The van der Waals surface area contributed by atoms with Gasteiger partial charge < -0.3 is 15.4 Å². The second-order valence-electron chi connectivity index (χ2n) is 6.01. The van der Waals surface area contributed by atoms with E-state index in [1.54, 1.807) is 18.2 Å². The number of non-ortho nitro benzene ring substituents is 1. The fourth-order valence-corrected chi connectivity index (χ4v) is 4.33. The second-order valence-corrected chi connectivity index (χ2v) is 7.85. The van der Waals surface area contributed by atoms with Gasteiger partial charge in [0.15, 0.2) is 5.11 Å². The van der Waals surface area contributed by atoms with Gasteiger partial charge in [-0.15, -0.1) is 11.3 Å². The average Bonchev–Trinajstić information content (AvgIpc) is 3.02. The van der Waals surface area contributed by atoms with Crippen LogP contribution < -0.4 is 10.6 Å². The zero-order valence-corrected chi connectivity index (χ0v) is 17.8. The normalized spacial score (nSPS) is 11.3. The first-order valence-corrected chi connectivity index (χ1v) is 9.85. The Balaban J connectivity index is 1.85. The molecule has 1 aromatic heterocycles. The van der Waals surface area contributed by atoms with E-state index < -0.39 is 34.0 Å². The van der Waals surface area contributed by atoms with E-state index in [0.717, 1.165) is 23.5 Å². The molecule has 2 N–H and O–H groups in total. The third-order valence-corrected chi connectivity index (χ3v) is 5.87. The molecular weight excluding hydrogens is 479 g/mol. The lowest BCUT2D eigenvalue weighted by Crippen LogP contribution is -2.21. The zero-order chi connectivity index (χ0) is 22.9. The number of halogens is 4. The van der Waals surface area contributed by atoms with Gasteiger partial charge in [0, 0.05) is 27.9 Å². The van der Waals surface area contributed by atoms with Crippen molar-refractivity contribution in [1.82, 2.24) is 0 Å². The van der Waals surface area contributed by atoms with Gasteiger partial charge in [-0.2, -0.15) is 13.2 Å². The van der Waals surface area contributed by atoms with Crippen LogP contribution in [-0.4, -0.2) is 23.1 Å². The molecule has 2 aromatic carbocycles. The summed E-state index contributed by atoms with van der Waals surface area (Å²) in [7, 11) is 1.23. The van der Waals surface area contributed by atoms with Crippen LogP contribution in [0.25, 0.3) is 10.1 Å². The van der Waals surface area contributed by atoms with E-state index >= 15 is 0 Å². The van der Waals surface area contributed by atoms with Gasteiger partial charge in [0.1, 0.15) is 4.88 Å². The van der Waals surface area contributed by atoms with Gasteiger partial charge in [0.05, 0.1) is 28.3 Å². The van der Waals surface area contributed by atoms with Crippen molar-refractivity contribution in [2.24, 2.45) is 0 Å². The average molecular weight is 490 g/mol. The van der Waals surface area contributed by atoms with E-state index in [1.807, 2.05) is 0 Å². The number of rotatable bonds is 4. The van der Waals surface area contributed by atoms with Crippen LogP contribution in [0.2, 0.25) is 5.02 Å². The van der Waals surface area contributed by atoms with E-state index in [4.69, 9.17) is 23.8 Å². The van der Waals surface area contributed by atoms with Crippen LogP contribution in [0.15, 0.2) is 36.4 Å². The van der Waals surface area contributed by atoms with Crippen molar-refractivity contribution in [3.05, 3.63) is 62.0 Å². The highest BCUT2D eigenvalue weighted by Gasteiger charge is 2.35. The van der Waals surface area contributed by atoms with Crippen LogP contribution in [-0.2, 0) is 10.9 Å². The zero-order valence-electron chi connectivity index (χ0n) is 15.4. The summed E-state index contributed by atoms with van der Waals surface area (Å²) in [5, 5.41) is 16.6. The summed E-state index contributed by atoms with van der Waals surface area (Å²) < 4.78 is 45.2. The number of nitrogens with one attached hydrogen (secondary N) is 2. The van der Waals surface area contributed by atoms with Gasteiger partial charge in [-0.05, 0) is 36.5 Å². The number of methoxy groups -OCH3 is 1. The standard InChI is InChI=1S/C18H11ClF3N3O4S2/c1-29-16(26)15-14(19)10-4-2-8(6-13(10)31-15)23-17(30)24-12-5-3-9(25(27)28)7-11(12)18(20,21)22/h2-7H,1H3,(H2,23,24,30). The fraction of sp³-hybridized carbons (Fsp3) is 0.111. The number of anilines is 2. The summed E-state index contributed by atoms with van der Waals surface area (Å²) in [5.41, 5.74) is -1.94. The maximum atomic E-state index is 13.3. The van der Waals surface area contributed by atoms with Crippen molar-refractivity contribution in [3.63, 3.8) is 0 Å². The number of carbonyl (C=O) groups is 1. The highest BCUT2D eigenvalue weighted by Crippen LogP contribution is 2.38. The Morgan fingerprint density at radius 1 is 1.23 bits per heavy atom. The summed E-state index contributed by atoms with van der Waals surface area (Å²) >= 11 is 12.4. The van der Waals surface area contributed by atoms with E-state index in [-0.39, 0.29) is 15.0 Å². The van der Waals surface area contributed by atoms with Gasteiger partial charge >= 0.3 is 12.1 Å². The van der Waals surface area contributed by atoms with Gasteiger partial charge in [-0.3, -0.25) is 10.1 Å². The minimum atomic E-state index is -4.83. The van der Waals surface area contributed by atoms with Crippen LogP contribution in [0.3, 0.4) is 0 Å². The van der Waals surface area contributed by atoms with Gasteiger partial charge in [-0.1, -0.05) is 11.6 Å². The summed E-state index contributed by atoms with van der Waals surface area (Å²) in [6.45, 7) is 0. The fourth-order valence-electron chi connectivity index (χ4n) is 2.64. The van der Waals surface area contributed by atoms with Gasteiger partial charge in [0.2, 0.25) is 0 Å². The Hall–Kier alpha value is -2.96. The first-order valence-electron chi connectivity index (χ1n) is 8.25. The molecule has 0 saturated heterocycles. The molecule has 0 unspecified atom stereocenters. The van der Waals surface area contributed by atoms with Crippen LogP contribution in [0, 0.1) is 10.1 Å². The van der Waals surface area contributed by atoms with Crippen LogP contribution in [0.1, 0.15) is 15.2 Å². The first-order chi connectivity index (χ1) is 14.5. The number of ether oxygens (including phenoxy) is 1. The van der Waals surface area contributed by atoms with E-state index in [1.165, 1.54) is 7.11 Å². The summed E-state index contributed by atoms with van der Waals surface area (Å²) in [6.07, 6.45) is -4.83. The first kappa shape index (κ1) is 22.7. The molecule has 3 rings (SSSR count). The van der Waals surface area contributed by atoms with Crippen molar-refractivity contribution in [3.8, 4) is 0 Å². The Labute approximate surface area is 186 Å². The molecule has 162 valence electrons. The highest BCUT2D eigenvalue weighted by atomic mass is 35.5. The number of nitro groups is 1. The number of esters is 1. The van der Waals surface area contributed by atoms with E-state index in [9.17, 15) is 28.1 Å². The number of alkyl halides is 3. The van der Waals surface area contributed by atoms with Crippen molar-refractivity contribution in [2.75, 3.05) is 17.7 Å². The maximum Gasteiger partial charge on any atom is 0.418 e. The Kier molecular flexibility index (Phi) is 6.34. The Morgan fingerprint density at radius 3 is 2.55 bits per heavy atom. The third-order valence-electron chi connectivity index (χ3n) is 4.03. The number of nitro benzene ring substituents is 1. The number of hydrogen-bond acceptors (Lipinski definition) is 6. The van der Waals surface area contributed by atoms with Crippen molar-refractivity contribution in [1.29, 1.82) is 0 Å². The second kappa shape index (κ2) is 8.65. The molecule has 0 saturated carbocycles. The molecule has 0 aliphatic carbocycles. The van der Waals surface area contributed by atoms with Crippen molar-refractivity contribution >= 4 is 73.4 Å². The van der Waals surface area contributed by atoms with Gasteiger partial charge in [0.25, 0.3) is 5.69 Å². The molecule has 31 heavy (non-hydrogen) atoms. The Morgan fingerprint density at radius 2 is 1.94 bits per heavy atom. The number of thiocarbonyl (C=S) groups is 1. The molecule has 0 fully saturated rings. The molecule has 0 radical (unpaired) electrons. The number of carbonyl (C=O) groups excluding carboxylic acids is 1. The molecule has 0 aliphatic heterocycles. The third kappa shape index (κ3) is 4.86. The minimum absolute atomic E-state index is 0.172. The molecule has 13 heteroatoms. The number of hydrogen-bond donors (Lipinski definition) is 2. The molecule has 0 aliphatic rings. The number of thiophene rings is 1. The largest absolute Gasteiger partial charge is 0.465 e. The van der Waals surface area contributed by atoms with Crippen LogP contribution in [0.5, 0.6) is 0 Å².